The zero-order chi connectivity index (χ0) is 13.2. The normalized spacial score (nSPS) is 18.2. The summed E-state index contributed by atoms with van der Waals surface area (Å²) in [6.07, 6.45) is 2.44. The number of carbonyl (C=O) groups excluding carboxylic acids is 2. The number of Topliss-reactive ketones (excluding diaryl/α,β-unsaturated/α-hetero) is 1. The third-order valence-electron chi connectivity index (χ3n) is 3.91. The summed E-state index contributed by atoms with van der Waals surface area (Å²) in [6.45, 7) is 3.23. The minimum absolute atomic E-state index is 0. The Morgan fingerprint density at radius 2 is 1.90 bits per heavy atom. The Balaban J connectivity index is 0.00000147. The van der Waals surface area contributed by atoms with Crippen LogP contribution in [0.15, 0.2) is 18.2 Å². The Kier molecular flexibility index (Phi) is 4.78. The van der Waals surface area contributed by atoms with E-state index in [1.54, 1.807) is 6.07 Å². The Bertz CT molecular complexity index is 525. The van der Waals surface area contributed by atoms with Crippen LogP contribution in [-0.2, 0) is 6.42 Å². The summed E-state index contributed by atoms with van der Waals surface area (Å²) in [5, 5.41) is 3.24. The number of nitrogens with one attached hydrogen (secondary N) is 1. The molecular formula is C15H19ClN2O2. The summed E-state index contributed by atoms with van der Waals surface area (Å²) < 4.78 is 0. The van der Waals surface area contributed by atoms with Crippen LogP contribution in [0.2, 0.25) is 0 Å². The maximum absolute atomic E-state index is 12.4. The van der Waals surface area contributed by atoms with Gasteiger partial charge in [-0.3, -0.25) is 9.59 Å². The molecule has 20 heavy (non-hydrogen) atoms. The zero-order valence-corrected chi connectivity index (χ0v) is 12.2. The molecule has 0 saturated carbocycles. The van der Waals surface area contributed by atoms with Crippen molar-refractivity contribution in [1.29, 1.82) is 0 Å². The predicted molar refractivity (Wildman–Crippen MR) is 79.7 cm³/mol. The van der Waals surface area contributed by atoms with Crippen LogP contribution in [0.3, 0.4) is 0 Å². The minimum atomic E-state index is 0. The van der Waals surface area contributed by atoms with Crippen LogP contribution in [0.1, 0.15) is 39.1 Å². The average Bonchev–Trinajstić information content (AvgIpc) is 2.47. The van der Waals surface area contributed by atoms with E-state index in [0.717, 1.165) is 55.7 Å². The van der Waals surface area contributed by atoms with Gasteiger partial charge in [0.25, 0.3) is 5.91 Å². The SMILES string of the molecule is Cl.O=C1CCCc2cc(C(=O)N3CCNCC3)ccc21. The lowest BCUT2D eigenvalue weighted by Crippen LogP contribution is -2.46. The van der Waals surface area contributed by atoms with Gasteiger partial charge in [-0.05, 0) is 30.5 Å². The van der Waals surface area contributed by atoms with Crippen LogP contribution in [0, 0.1) is 0 Å². The predicted octanol–water partition coefficient (Wildman–Crippen LogP) is 1.67. The summed E-state index contributed by atoms with van der Waals surface area (Å²) >= 11 is 0. The molecule has 1 N–H and O–H groups in total. The molecule has 1 aromatic rings. The van der Waals surface area contributed by atoms with Crippen LogP contribution >= 0.6 is 12.4 Å². The summed E-state index contributed by atoms with van der Waals surface area (Å²) in [7, 11) is 0. The van der Waals surface area contributed by atoms with Gasteiger partial charge in [0.2, 0.25) is 0 Å². The van der Waals surface area contributed by atoms with Gasteiger partial charge in [0.15, 0.2) is 5.78 Å². The van der Waals surface area contributed by atoms with Crippen LogP contribution in [-0.4, -0.2) is 42.8 Å². The molecule has 1 fully saturated rings. The number of hydrogen-bond acceptors (Lipinski definition) is 3. The van der Waals surface area contributed by atoms with E-state index < -0.39 is 0 Å². The number of piperazine rings is 1. The molecule has 1 amide bonds. The van der Waals surface area contributed by atoms with Crippen LogP contribution in [0.4, 0.5) is 0 Å². The number of ketones is 1. The van der Waals surface area contributed by atoms with Crippen molar-refractivity contribution in [3.8, 4) is 0 Å². The highest BCUT2D eigenvalue weighted by atomic mass is 35.5. The first kappa shape index (κ1) is 15.0. The highest BCUT2D eigenvalue weighted by Gasteiger charge is 2.21. The second-order valence-corrected chi connectivity index (χ2v) is 5.19. The topological polar surface area (TPSA) is 49.4 Å². The van der Waals surface area contributed by atoms with Crippen molar-refractivity contribution in [3.05, 3.63) is 34.9 Å². The molecule has 108 valence electrons. The van der Waals surface area contributed by atoms with Crippen molar-refractivity contribution in [2.45, 2.75) is 19.3 Å². The van der Waals surface area contributed by atoms with Crippen molar-refractivity contribution in [2.75, 3.05) is 26.2 Å². The number of fused-ring (bicyclic) bond motifs is 1. The van der Waals surface area contributed by atoms with Gasteiger partial charge < -0.3 is 10.2 Å². The van der Waals surface area contributed by atoms with E-state index in [0.29, 0.717) is 6.42 Å². The molecule has 1 aliphatic carbocycles. The minimum Gasteiger partial charge on any atom is -0.336 e. The lowest BCUT2D eigenvalue weighted by Gasteiger charge is -2.28. The van der Waals surface area contributed by atoms with Crippen LogP contribution in [0.5, 0.6) is 0 Å². The van der Waals surface area contributed by atoms with Gasteiger partial charge >= 0.3 is 0 Å². The Labute approximate surface area is 124 Å². The summed E-state index contributed by atoms with van der Waals surface area (Å²) in [6, 6.07) is 5.54. The monoisotopic (exact) mass is 294 g/mol. The molecule has 1 aliphatic heterocycles. The Morgan fingerprint density at radius 1 is 1.15 bits per heavy atom. The number of benzene rings is 1. The second-order valence-electron chi connectivity index (χ2n) is 5.19. The largest absolute Gasteiger partial charge is 0.336 e. The third kappa shape index (κ3) is 2.86. The van der Waals surface area contributed by atoms with Gasteiger partial charge in [0.1, 0.15) is 0 Å². The van der Waals surface area contributed by atoms with Crippen molar-refractivity contribution in [1.82, 2.24) is 10.2 Å². The lowest BCUT2D eigenvalue weighted by molar-refractivity contribution is 0.0735. The molecule has 0 aromatic heterocycles. The maximum atomic E-state index is 12.4. The van der Waals surface area contributed by atoms with E-state index in [4.69, 9.17) is 0 Å². The van der Waals surface area contributed by atoms with E-state index in [2.05, 4.69) is 5.32 Å². The van der Waals surface area contributed by atoms with Gasteiger partial charge in [-0.2, -0.15) is 0 Å². The number of rotatable bonds is 1. The fourth-order valence-corrected chi connectivity index (χ4v) is 2.83. The molecule has 0 bridgehead atoms. The molecule has 5 heteroatoms. The summed E-state index contributed by atoms with van der Waals surface area (Å²) in [4.78, 5) is 26.0. The number of aryl methyl sites for hydroxylation is 1. The van der Waals surface area contributed by atoms with Crippen LogP contribution < -0.4 is 5.32 Å². The number of hydrogen-bond donors (Lipinski definition) is 1. The first-order valence-corrected chi connectivity index (χ1v) is 6.92. The van der Waals surface area contributed by atoms with Gasteiger partial charge in [-0.15, -0.1) is 12.4 Å². The summed E-state index contributed by atoms with van der Waals surface area (Å²) in [5.74, 6) is 0.296. The highest BCUT2D eigenvalue weighted by Crippen LogP contribution is 2.23. The number of halogens is 1. The van der Waals surface area contributed by atoms with Gasteiger partial charge in [0, 0.05) is 43.7 Å². The summed E-state index contributed by atoms with van der Waals surface area (Å²) in [5.41, 5.74) is 2.57. The fourth-order valence-electron chi connectivity index (χ4n) is 2.83. The molecule has 1 heterocycles. The quantitative estimate of drug-likeness (QED) is 0.857. The van der Waals surface area contributed by atoms with Gasteiger partial charge in [0.05, 0.1) is 0 Å². The maximum Gasteiger partial charge on any atom is 0.253 e. The first-order valence-electron chi connectivity index (χ1n) is 6.92. The molecule has 0 spiro atoms. The highest BCUT2D eigenvalue weighted by molar-refractivity contribution is 6.01. The van der Waals surface area contributed by atoms with E-state index in [1.807, 2.05) is 17.0 Å². The molecule has 1 aromatic carbocycles. The molecule has 0 atom stereocenters. The second kappa shape index (κ2) is 6.37. The zero-order valence-electron chi connectivity index (χ0n) is 11.4. The molecule has 0 radical (unpaired) electrons. The van der Waals surface area contributed by atoms with Gasteiger partial charge in [-0.1, -0.05) is 6.07 Å². The standard InChI is InChI=1S/C15H18N2O2.ClH/c18-14-3-1-2-11-10-12(4-5-13(11)14)15(19)17-8-6-16-7-9-17;/h4-5,10,16H,1-3,6-9H2;1H. The van der Waals surface area contributed by atoms with E-state index in [9.17, 15) is 9.59 Å². The van der Waals surface area contributed by atoms with E-state index in [1.165, 1.54) is 0 Å². The number of amides is 1. The first-order chi connectivity index (χ1) is 9.25. The van der Waals surface area contributed by atoms with Crippen molar-refractivity contribution >= 4 is 24.1 Å². The van der Waals surface area contributed by atoms with E-state index in [-0.39, 0.29) is 24.1 Å². The van der Waals surface area contributed by atoms with Crippen molar-refractivity contribution in [3.63, 3.8) is 0 Å². The molecule has 0 unspecified atom stereocenters. The van der Waals surface area contributed by atoms with Crippen LogP contribution in [0.25, 0.3) is 0 Å². The third-order valence-corrected chi connectivity index (χ3v) is 3.91. The Hall–Kier alpha value is -1.39. The van der Waals surface area contributed by atoms with E-state index >= 15 is 0 Å². The molecule has 2 aliphatic rings. The number of nitrogens with zero attached hydrogens (tertiary/aromatic N) is 1. The fraction of sp³-hybridized carbons (Fsp3) is 0.467. The lowest BCUT2D eigenvalue weighted by atomic mass is 9.89. The van der Waals surface area contributed by atoms with Crippen molar-refractivity contribution in [2.24, 2.45) is 0 Å². The smallest absolute Gasteiger partial charge is 0.253 e. The average molecular weight is 295 g/mol. The molecular weight excluding hydrogens is 276 g/mol. The van der Waals surface area contributed by atoms with Gasteiger partial charge in [-0.25, -0.2) is 0 Å². The molecule has 4 nitrogen and oxygen atoms in total. The molecule has 3 rings (SSSR count). The van der Waals surface area contributed by atoms with Crippen molar-refractivity contribution < 1.29 is 9.59 Å². The number of carbonyl (C=O) groups is 2. The molecule has 1 saturated heterocycles. The Morgan fingerprint density at radius 3 is 2.65 bits per heavy atom.